The highest BCUT2D eigenvalue weighted by Gasteiger charge is 2.17. The number of ether oxygens (including phenoxy) is 3. The zero-order valence-electron chi connectivity index (χ0n) is 24.3. The summed E-state index contributed by atoms with van der Waals surface area (Å²) in [7, 11) is 6.09. The second-order valence-electron chi connectivity index (χ2n) is 11.1. The molecule has 0 N–H and O–H groups in total. The number of quaternary nitrogens is 1. The van der Waals surface area contributed by atoms with Crippen LogP contribution < -0.4 is 24.0 Å². The zero-order valence-corrected chi connectivity index (χ0v) is 26.5. The van der Waals surface area contributed by atoms with Crippen LogP contribution >= 0.6 is 0 Å². The third kappa shape index (κ3) is 29.8. The monoisotopic (exact) mass is 627 g/mol. The largest absolute Gasteiger partial charge is 1.00 e. The minimum atomic E-state index is -0.540. The minimum absolute atomic E-state index is 0. The molecule has 0 aliphatic carbocycles. The number of rotatable bonds is 25. The molecule has 0 amide bonds. The standard InChI is InChI=1S/C29H58NO5.HI/c1-6-7-8-9-10-11-12-13-14-15-16-17-18-19-20-21-24-33-25-28(35-27(2)31)26-34-29(32)22-23-30(3,4)5;/h28H,6-26H2,1-5H3;1H/q+1;/p-1. The van der Waals surface area contributed by atoms with Gasteiger partial charge in [-0.1, -0.05) is 103 Å². The first kappa shape index (κ1) is 37.7. The van der Waals surface area contributed by atoms with E-state index in [-0.39, 0.29) is 49.1 Å². The summed E-state index contributed by atoms with van der Waals surface area (Å²) >= 11 is 0. The molecule has 1 atom stereocenters. The molecule has 7 heteroatoms. The van der Waals surface area contributed by atoms with Gasteiger partial charge in [0.25, 0.3) is 0 Å². The Morgan fingerprint density at radius 2 is 1.14 bits per heavy atom. The molecule has 0 rings (SSSR count). The summed E-state index contributed by atoms with van der Waals surface area (Å²) in [4.78, 5) is 23.2. The summed E-state index contributed by atoms with van der Waals surface area (Å²) < 4.78 is 16.9. The topological polar surface area (TPSA) is 61.8 Å². The molecule has 0 aromatic heterocycles. The molecule has 216 valence electrons. The molecule has 0 spiro atoms. The summed E-state index contributed by atoms with van der Waals surface area (Å²) in [5.74, 6) is -0.656. The van der Waals surface area contributed by atoms with Gasteiger partial charge >= 0.3 is 11.9 Å². The van der Waals surface area contributed by atoms with Crippen LogP contribution in [0.25, 0.3) is 0 Å². The Hall–Kier alpha value is -0.410. The first-order valence-corrected chi connectivity index (χ1v) is 14.5. The molecule has 0 bridgehead atoms. The number of esters is 2. The maximum Gasteiger partial charge on any atom is 0.311 e. The summed E-state index contributed by atoms with van der Waals surface area (Å²) in [5.41, 5.74) is 0. The van der Waals surface area contributed by atoms with Crippen LogP contribution in [0.4, 0.5) is 0 Å². The van der Waals surface area contributed by atoms with Crippen molar-refractivity contribution in [1.29, 1.82) is 0 Å². The average Bonchev–Trinajstić information content (AvgIpc) is 2.79. The molecule has 0 aromatic rings. The van der Waals surface area contributed by atoms with E-state index in [0.717, 1.165) is 12.8 Å². The predicted octanol–water partition coefficient (Wildman–Crippen LogP) is 3.84. The lowest BCUT2D eigenvalue weighted by Gasteiger charge is -2.23. The normalized spacial score (nSPS) is 12.1. The lowest BCUT2D eigenvalue weighted by molar-refractivity contribution is -0.869. The Morgan fingerprint density at radius 3 is 1.56 bits per heavy atom. The van der Waals surface area contributed by atoms with Crippen molar-refractivity contribution < 1.29 is 52.3 Å². The highest BCUT2D eigenvalue weighted by molar-refractivity contribution is 5.69. The smallest absolute Gasteiger partial charge is 0.311 e. The maximum absolute atomic E-state index is 11.9. The van der Waals surface area contributed by atoms with Gasteiger partial charge in [0.05, 0.1) is 40.7 Å². The van der Waals surface area contributed by atoms with Crippen molar-refractivity contribution in [2.45, 2.75) is 129 Å². The fourth-order valence-corrected chi connectivity index (χ4v) is 4.00. The van der Waals surface area contributed by atoms with Gasteiger partial charge in [0.15, 0.2) is 6.10 Å². The van der Waals surface area contributed by atoms with Crippen molar-refractivity contribution in [3.8, 4) is 0 Å². The van der Waals surface area contributed by atoms with E-state index in [1.165, 1.54) is 96.8 Å². The Balaban J connectivity index is 0. The van der Waals surface area contributed by atoms with Crippen LogP contribution in [-0.4, -0.2) is 70.0 Å². The van der Waals surface area contributed by atoms with Crippen molar-refractivity contribution in [3.05, 3.63) is 0 Å². The van der Waals surface area contributed by atoms with Crippen LogP contribution in [0, 0.1) is 0 Å². The molecular weight excluding hydrogens is 569 g/mol. The molecule has 0 radical (unpaired) electrons. The van der Waals surface area contributed by atoms with Crippen molar-refractivity contribution in [1.82, 2.24) is 0 Å². The van der Waals surface area contributed by atoms with E-state index in [0.29, 0.717) is 24.1 Å². The molecular formula is C29H58INO5. The average molecular weight is 628 g/mol. The number of carbonyl (C=O) groups excluding carboxylic acids is 2. The summed E-state index contributed by atoms with van der Waals surface area (Å²) in [6.07, 6.45) is 21.3. The van der Waals surface area contributed by atoms with E-state index < -0.39 is 6.10 Å². The highest BCUT2D eigenvalue weighted by Crippen LogP contribution is 2.13. The maximum atomic E-state index is 11.9. The van der Waals surface area contributed by atoms with Gasteiger partial charge in [-0.25, -0.2) is 0 Å². The molecule has 0 heterocycles. The molecule has 0 saturated heterocycles. The van der Waals surface area contributed by atoms with Gasteiger partial charge < -0.3 is 42.7 Å². The van der Waals surface area contributed by atoms with Gasteiger partial charge in [0.1, 0.15) is 6.61 Å². The Bertz CT molecular complexity index is 510. The Morgan fingerprint density at radius 1 is 0.694 bits per heavy atom. The van der Waals surface area contributed by atoms with Crippen LogP contribution in [-0.2, 0) is 23.8 Å². The number of unbranched alkanes of at least 4 members (excludes halogenated alkanes) is 15. The molecule has 6 nitrogen and oxygen atoms in total. The van der Waals surface area contributed by atoms with E-state index in [1.54, 1.807) is 0 Å². The third-order valence-electron chi connectivity index (χ3n) is 6.20. The first-order valence-electron chi connectivity index (χ1n) is 14.5. The summed E-state index contributed by atoms with van der Waals surface area (Å²) in [5, 5.41) is 0. The Labute approximate surface area is 240 Å². The molecule has 1 unspecified atom stereocenters. The van der Waals surface area contributed by atoms with E-state index >= 15 is 0 Å². The molecule has 0 aliphatic heterocycles. The molecule has 0 saturated carbocycles. The number of nitrogens with zero attached hydrogens (tertiary/aromatic N) is 1. The van der Waals surface area contributed by atoms with Gasteiger partial charge in [-0.15, -0.1) is 0 Å². The number of carbonyl (C=O) groups is 2. The van der Waals surface area contributed by atoms with Crippen LogP contribution in [0.2, 0.25) is 0 Å². The fourth-order valence-electron chi connectivity index (χ4n) is 4.00. The van der Waals surface area contributed by atoms with E-state index in [4.69, 9.17) is 14.2 Å². The summed E-state index contributed by atoms with van der Waals surface area (Å²) in [6.45, 7) is 5.30. The Kier molecular flexibility index (Phi) is 27.5. The van der Waals surface area contributed by atoms with Crippen molar-refractivity contribution >= 4 is 11.9 Å². The molecule has 0 aromatic carbocycles. The number of hydrogen-bond acceptors (Lipinski definition) is 5. The second-order valence-corrected chi connectivity index (χ2v) is 11.1. The van der Waals surface area contributed by atoms with Gasteiger partial charge in [-0.2, -0.15) is 0 Å². The van der Waals surface area contributed by atoms with Gasteiger partial charge in [-0.05, 0) is 6.42 Å². The molecule has 0 fully saturated rings. The number of halogens is 1. The van der Waals surface area contributed by atoms with Crippen LogP contribution in [0.1, 0.15) is 123 Å². The van der Waals surface area contributed by atoms with Crippen molar-refractivity contribution in [3.63, 3.8) is 0 Å². The van der Waals surface area contributed by atoms with Crippen LogP contribution in [0.15, 0.2) is 0 Å². The highest BCUT2D eigenvalue weighted by atomic mass is 127. The second kappa shape index (κ2) is 26.2. The van der Waals surface area contributed by atoms with E-state index in [1.807, 2.05) is 21.1 Å². The predicted molar refractivity (Wildman–Crippen MR) is 144 cm³/mol. The van der Waals surface area contributed by atoms with Gasteiger partial charge in [0, 0.05) is 13.5 Å². The summed E-state index contributed by atoms with van der Waals surface area (Å²) in [6, 6.07) is 0. The lowest BCUT2D eigenvalue weighted by atomic mass is 10.0. The third-order valence-corrected chi connectivity index (χ3v) is 6.20. The van der Waals surface area contributed by atoms with Gasteiger partial charge in [-0.3, -0.25) is 9.59 Å². The molecule has 0 aliphatic rings. The van der Waals surface area contributed by atoms with E-state index in [2.05, 4.69) is 6.92 Å². The number of hydrogen-bond donors (Lipinski definition) is 0. The fraction of sp³-hybridized carbons (Fsp3) is 0.931. The SMILES string of the molecule is CCCCCCCCCCCCCCCCCCOCC(COC(=O)CC[N+](C)(C)C)OC(C)=O.[I-]. The van der Waals surface area contributed by atoms with Crippen LogP contribution in [0.5, 0.6) is 0 Å². The van der Waals surface area contributed by atoms with Crippen molar-refractivity contribution in [2.75, 3.05) is 47.5 Å². The minimum Gasteiger partial charge on any atom is -1.00 e. The molecule has 36 heavy (non-hydrogen) atoms. The zero-order chi connectivity index (χ0) is 26.2. The first-order chi connectivity index (χ1) is 16.7. The van der Waals surface area contributed by atoms with Crippen molar-refractivity contribution in [2.24, 2.45) is 0 Å². The van der Waals surface area contributed by atoms with E-state index in [9.17, 15) is 9.59 Å². The van der Waals surface area contributed by atoms with Gasteiger partial charge in [0.2, 0.25) is 0 Å². The lowest BCUT2D eigenvalue weighted by Crippen LogP contribution is -3.00. The quantitative estimate of drug-likeness (QED) is 0.0667. The van der Waals surface area contributed by atoms with Crippen LogP contribution in [0.3, 0.4) is 0 Å².